The van der Waals surface area contributed by atoms with Gasteiger partial charge >= 0.3 is 0 Å². The van der Waals surface area contributed by atoms with Gasteiger partial charge in [0.15, 0.2) is 5.78 Å². The molecule has 0 fully saturated rings. The third kappa shape index (κ3) is 2.68. The minimum absolute atomic E-state index is 0.0266. The van der Waals surface area contributed by atoms with Gasteiger partial charge in [0, 0.05) is 5.56 Å². The summed E-state index contributed by atoms with van der Waals surface area (Å²) in [5.41, 5.74) is 4.69. The largest absolute Gasteiger partial charge is 0.289 e. The molecule has 3 aromatic rings. The summed E-state index contributed by atoms with van der Waals surface area (Å²) in [5.74, 6) is -0.0266. The van der Waals surface area contributed by atoms with Crippen LogP contribution in [0.4, 0.5) is 0 Å². The van der Waals surface area contributed by atoms with Crippen LogP contribution in [0.3, 0.4) is 0 Å². The van der Waals surface area contributed by atoms with Crippen LogP contribution < -0.4 is 0 Å². The highest BCUT2D eigenvalue weighted by atomic mass is 35.5. The van der Waals surface area contributed by atoms with Crippen LogP contribution in [0.2, 0.25) is 5.15 Å². The predicted octanol–water partition coefficient (Wildman–Crippen LogP) is 5.11. The molecule has 3 rings (SSSR count). The van der Waals surface area contributed by atoms with Crippen molar-refractivity contribution >= 4 is 22.9 Å². The average molecular weight is 325 g/mol. The lowest BCUT2D eigenvalue weighted by atomic mass is 9.98. The fourth-order valence-electron chi connectivity index (χ4n) is 2.58. The number of aryl methyl sites for hydroxylation is 1. The monoisotopic (exact) mass is 324 g/mol. The number of nitrogens with zero attached hydrogens (tertiary/aromatic N) is 2. The molecule has 0 saturated carbocycles. The van der Waals surface area contributed by atoms with Crippen LogP contribution in [0.5, 0.6) is 0 Å². The summed E-state index contributed by atoms with van der Waals surface area (Å²) in [6.07, 6.45) is 1.82. The van der Waals surface area contributed by atoms with Crippen molar-refractivity contribution in [1.29, 1.82) is 0 Å². The third-order valence-corrected chi connectivity index (χ3v) is 4.21. The van der Waals surface area contributed by atoms with Crippen LogP contribution in [0.1, 0.15) is 29.8 Å². The van der Waals surface area contributed by atoms with Crippen molar-refractivity contribution in [3.05, 3.63) is 70.4 Å². The zero-order valence-corrected chi connectivity index (χ0v) is 14.1. The minimum Gasteiger partial charge on any atom is -0.289 e. The number of ketones is 1. The average Bonchev–Trinajstić information content (AvgIpc) is 2.94. The molecule has 0 saturated heterocycles. The SMILES string of the molecule is CC=C(C)C(=O)c1c(-c2cccc(C)c2)nn2c(Cl)cccc12. The van der Waals surface area contributed by atoms with E-state index in [0.29, 0.717) is 22.0 Å². The summed E-state index contributed by atoms with van der Waals surface area (Å²) in [5, 5.41) is 5.08. The van der Waals surface area contributed by atoms with Gasteiger partial charge in [-0.3, -0.25) is 4.79 Å². The fraction of sp³-hybridized carbons (Fsp3) is 0.158. The number of carbonyl (C=O) groups excluding carboxylic acids is 1. The Balaban J connectivity index is 2.37. The first kappa shape index (κ1) is 15.5. The van der Waals surface area contributed by atoms with Crippen LogP contribution in [0, 0.1) is 6.92 Å². The molecule has 0 radical (unpaired) electrons. The normalized spacial score (nSPS) is 11.9. The van der Waals surface area contributed by atoms with Crippen molar-refractivity contribution in [3.8, 4) is 11.3 Å². The Labute approximate surface area is 140 Å². The predicted molar refractivity (Wildman–Crippen MR) is 94.1 cm³/mol. The Morgan fingerprint density at radius 3 is 2.65 bits per heavy atom. The molecule has 0 aliphatic rings. The molecule has 0 aliphatic heterocycles. The molecule has 0 unspecified atom stereocenters. The van der Waals surface area contributed by atoms with E-state index >= 15 is 0 Å². The van der Waals surface area contributed by atoms with Crippen LogP contribution in [-0.2, 0) is 0 Å². The highest BCUT2D eigenvalue weighted by Gasteiger charge is 2.22. The van der Waals surface area contributed by atoms with E-state index in [2.05, 4.69) is 5.10 Å². The molecular formula is C19H17ClN2O. The van der Waals surface area contributed by atoms with E-state index in [4.69, 9.17) is 11.6 Å². The van der Waals surface area contributed by atoms with Gasteiger partial charge in [-0.1, -0.05) is 47.5 Å². The number of rotatable bonds is 3. The molecule has 116 valence electrons. The smallest absolute Gasteiger partial charge is 0.192 e. The fourth-order valence-corrected chi connectivity index (χ4v) is 2.79. The molecule has 0 aliphatic carbocycles. The van der Waals surface area contributed by atoms with E-state index < -0.39 is 0 Å². The molecule has 23 heavy (non-hydrogen) atoms. The topological polar surface area (TPSA) is 34.4 Å². The number of halogens is 1. The van der Waals surface area contributed by atoms with Gasteiger partial charge in [0.1, 0.15) is 10.8 Å². The van der Waals surface area contributed by atoms with Gasteiger partial charge in [-0.15, -0.1) is 0 Å². The molecule has 2 aromatic heterocycles. The van der Waals surface area contributed by atoms with E-state index in [1.54, 1.807) is 10.6 Å². The number of hydrogen-bond donors (Lipinski definition) is 0. The van der Waals surface area contributed by atoms with Gasteiger partial charge < -0.3 is 0 Å². The number of aromatic nitrogens is 2. The maximum Gasteiger partial charge on any atom is 0.192 e. The van der Waals surface area contributed by atoms with Gasteiger partial charge in [-0.25, -0.2) is 4.52 Å². The summed E-state index contributed by atoms with van der Waals surface area (Å²) in [4.78, 5) is 12.9. The van der Waals surface area contributed by atoms with Crippen molar-refractivity contribution < 1.29 is 4.79 Å². The Morgan fingerprint density at radius 2 is 1.96 bits per heavy atom. The third-order valence-electron chi connectivity index (χ3n) is 3.92. The van der Waals surface area contributed by atoms with Gasteiger partial charge in [0.2, 0.25) is 0 Å². The quantitative estimate of drug-likeness (QED) is 0.381. The summed E-state index contributed by atoms with van der Waals surface area (Å²) in [6, 6.07) is 13.4. The van der Waals surface area contributed by atoms with Gasteiger partial charge in [-0.2, -0.15) is 5.10 Å². The zero-order chi connectivity index (χ0) is 16.6. The first-order valence-electron chi connectivity index (χ1n) is 7.45. The van der Waals surface area contributed by atoms with Crippen LogP contribution in [0.15, 0.2) is 54.1 Å². The number of hydrogen-bond acceptors (Lipinski definition) is 2. The summed E-state index contributed by atoms with van der Waals surface area (Å²) < 4.78 is 1.62. The van der Waals surface area contributed by atoms with Crippen molar-refractivity contribution in [1.82, 2.24) is 9.61 Å². The van der Waals surface area contributed by atoms with Gasteiger partial charge in [0.05, 0.1) is 11.1 Å². The van der Waals surface area contributed by atoms with Crippen molar-refractivity contribution in [2.75, 3.05) is 0 Å². The first-order chi connectivity index (χ1) is 11.0. The summed E-state index contributed by atoms with van der Waals surface area (Å²) in [6.45, 7) is 5.69. The molecule has 0 atom stereocenters. The lowest BCUT2D eigenvalue weighted by Crippen LogP contribution is -2.02. The molecule has 0 spiro atoms. The second-order valence-corrected chi connectivity index (χ2v) is 5.93. The van der Waals surface area contributed by atoms with E-state index in [1.165, 1.54) is 0 Å². The Kier molecular flexibility index (Phi) is 4.05. The number of Topliss-reactive ketones (excluding diaryl/α,β-unsaturated/α-hetero) is 1. The van der Waals surface area contributed by atoms with Crippen molar-refractivity contribution in [3.63, 3.8) is 0 Å². The van der Waals surface area contributed by atoms with Crippen molar-refractivity contribution in [2.45, 2.75) is 20.8 Å². The van der Waals surface area contributed by atoms with Gasteiger partial charge in [0.25, 0.3) is 0 Å². The van der Waals surface area contributed by atoms with Gasteiger partial charge in [-0.05, 0) is 44.5 Å². The lowest BCUT2D eigenvalue weighted by molar-refractivity contribution is 0.103. The maximum atomic E-state index is 12.9. The van der Waals surface area contributed by atoms with Crippen LogP contribution in [0.25, 0.3) is 16.8 Å². The Hall–Kier alpha value is -2.39. The highest BCUT2D eigenvalue weighted by molar-refractivity contribution is 6.30. The molecule has 4 heteroatoms. The summed E-state index contributed by atoms with van der Waals surface area (Å²) in [7, 11) is 0. The van der Waals surface area contributed by atoms with E-state index in [9.17, 15) is 4.79 Å². The zero-order valence-electron chi connectivity index (χ0n) is 13.3. The summed E-state index contributed by atoms with van der Waals surface area (Å²) >= 11 is 6.25. The molecule has 3 nitrogen and oxygen atoms in total. The molecule has 0 bridgehead atoms. The Morgan fingerprint density at radius 1 is 1.22 bits per heavy atom. The first-order valence-corrected chi connectivity index (χ1v) is 7.82. The molecule has 1 aromatic carbocycles. The number of benzene rings is 1. The minimum atomic E-state index is -0.0266. The Bertz CT molecular complexity index is 938. The number of pyridine rings is 1. The van der Waals surface area contributed by atoms with Crippen molar-refractivity contribution in [2.24, 2.45) is 0 Å². The second kappa shape index (κ2) is 6.01. The van der Waals surface area contributed by atoms with Crippen LogP contribution >= 0.6 is 11.6 Å². The van der Waals surface area contributed by atoms with E-state index in [1.807, 2.05) is 63.2 Å². The van der Waals surface area contributed by atoms with E-state index in [-0.39, 0.29) is 5.78 Å². The van der Waals surface area contributed by atoms with E-state index in [0.717, 1.165) is 16.6 Å². The lowest BCUT2D eigenvalue weighted by Gasteiger charge is -2.04. The standard InChI is InChI=1S/C19H17ClN2O/c1-4-13(3)19(23)17-15-9-6-10-16(20)22(15)21-18(17)14-8-5-7-12(2)11-14/h4-11H,1-3H3. The number of fused-ring (bicyclic) bond motifs is 1. The molecule has 0 N–H and O–H groups in total. The second-order valence-electron chi connectivity index (χ2n) is 5.54. The molecular weight excluding hydrogens is 308 g/mol. The number of carbonyl (C=O) groups is 1. The number of allylic oxidation sites excluding steroid dienone is 2. The maximum absolute atomic E-state index is 12.9. The molecule has 2 heterocycles. The molecule has 0 amide bonds. The van der Waals surface area contributed by atoms with Crippen LogP contribution in [-0.4, -0.2) is 15.4 Å². The highest BCUT2D eigenvalue weighted by Crippen LogP contribution is 2.30.